The fourth-order valence-corrected chi connectivity index (χ4v) is 2.00. The molecule has 0 saturated heterocycles. The maximum atomic E-state index is 10.9. The molecule has 0 aromatic heterocycles. The van der Waals surface area contributed by atoms with E-state index in [1.54, 1.807) is 0 Å². The smallest absolute Gasteiger partial charge is 0.132 e. The number of nitrogens with zero attached hydrogens (tertiary/aromatic N) is 2. The van der Waals surface area contributed by atoms with E-state index in [9.17, 15) is 5.11 Å². The number of hydrogen-bond acceptors (Lipinski definition) is 2. The average Bonchev–Trinajstić information content (AvgIpc) is 2.11. The van der Waals surface area contributed by atoms with Crippen molar-refractivity contribution >= 4 is 5.84 Å². The molecule has 0 rings (SSSR count). The molecule has 0 aromatic carbocycles. The van der Waals surface area contributed by atoms with Crippen LogP contribution in [0, 0.1) is 11.8 Å². The second-order valence-corrected chi connectivity index (χ2v) is 5.58. The minimum absolute atomic E-state index is 0.146. The third-order valence-electron chi connectivity index (χ3n) is 2.92. The predicted molar refractivity (Wildman–Crippen MR) is 70.9 cm³/mol. The number of aliphatic imine (C=N–C) groups is 1. The second kappa shape index (κ2) is 5.67. The van der Waals surface area contributed by atoms with E-state index in [0.717, 1.165) is 5.84 Å². The Labute approximate surface area is 101 Å². The molecule has 3 nitrogen and oxygen atoms in total. The molecule has 96 valence electrons. The van der Waals surface area contributed by atoms with Crippen molar-refractivity contribution in [3.8, 4) is 0 Å². The number of amidine groups is 1. The first kappa shape index (κ1) is 15.4. The van der Waals surface area contributed by atoms with Gasteiger partial charge in [0.2, 0.25) is 0 Å². The van der Waals surface area contributed by atoms with E-state index < -0.39 is 5.60 Å². The van der Waals surface area contributed by atoms with Crippen LogP contribution in [-0.2, 0) is 0 Å². The molecule has 0 saturated carbocycles. The molecule has 0 aliphatic heterocycles. The molecule has 1 N–H and O–H groups in total. The van der Waals surface area contributed by atoms with Gasteiger partial charge in [0.15, 0.2) is 0 Å². The zero-order chi connectivity index (χ0) is 13.1. The molecule has 0 spiro atoms. The predicted octanol–water partition coefficient (Wildman–Crippen LogP) is 2.40. The van der Waals surface area contributed by atoms with Crippen molar-refractivity contribution in [1.29, 1.82) is 0 Å². The standard InChI is InChI=1S/C13H28N2O/c1-9(2)13(16,10(3)4)12(15(7)8)14-11(5)6/h9-11,16H,1-8H3. The summed E-state index contributed by atoms with van der Waals surface area (Å²) in [4.78, 5) is 6.51. The summed E-state index contributed by atoms with van der Waals surface area (Å²) in [5.41, 5.74) is -0.853. The molecule has 0 radical (unpaired) electrons. The zero-order valence-corrected chi connectivity index (χ0v) is 12.1. The van der Waals surface area contributed by atoms with Crippen LogP contribution in [0.15, 0.2) is 4.99 Å². The van der Waals surface area contributed by atoms with Gasteiger partial charge in [0.25, 0.3) is 0 Å². The highest BCUT2D eigenvalue weighted by atomic mass is 16.3. The van der Waals surface area contributed by atoms with Crippen LogP contribution in [0.25, 0.3) is 0 Å². The largest absolute Gasteiger partial charge is 0.381 e. The second-order valence-electron chi connectivity index (χ2n) is 5.58. The van der Waals surface area contributed by atoms with Crippen molar-refractivity contribution in [2.75, 3.05) is 14.1 Å². The van der Waals surface area contributed by atoms with Gasteiger partial charge in [0.1, 0.15) is 11.4 Å². The summed E-state index contributed by atoms with van der Waals surface area (Å²) in [6.07, 6.45) is 0. The molecule has 3 heteroatoms. The van der Waals surface area contributed by atoms with Crippen molar-refractivity contribution in [2.45, 2.75) is 53.2 Å². The molecular formula is C13H28N2O. The van der Waals surface area contributed by atoms with Crippen LogP contribution >= 0.6 is 0 Å². The third kappa shape index (κ3) is 3.21. The molecule has 0 aromatic rings. The topological polar surface area (TPSA) is 35.8 Å². The lowest BCUT2D eigenvalue weighted by molar-refractivity contribution is 0.0101. The lowest BCUT2D eigenvalue weighted by Gasteiger charge is -2.40. The van der Waals surface area contributed by atoms with Crippen LogP contribution < -0.4 is 0 Å². The summed E-state index contributed by atoms with van der Waals surface area (Å²) >= 11 is 0. The van der Waals surface area contributed by atoms with Crippen LogP contribution in [0.3, 0.4) is 0 Å². The number of aliphatic hydroxyl groups is 1. The van der Waals surface area contributed by atoms with Gasteiger partial charge in [0.05, 0.1) is 0 Å². The minimum atomic E-state index is -0.853. The van der Waals surface area contributed by atoms with Gasteiger partial charge < -0.3 is 10.0 Å². The Kier molecular flexibility index (Phi) is 5.47. The highest BCUT2D eigenvalue weighted by molar-refractivity contribution is 5.90. The van der Waals surface area contributed by atoms with E-state index >= 15 is 0 Å². The van der Waals surface area contributed by atoms with E-state index in [1.807, 2.05) is 60.5 Å². The van der Waals surface area contributed by atoms with Crippen molar-refractivity contribution in [3.05, 3.63) is 0 Å². The Morgan fingerprint density at radius 2 is 1.38 bits per heavy atom. The lowest BCUT2D eigenvalue weighted by atomic mass is 9.79. The number of hydrogen-bond donors (Lipinski definition) is 1. The highest BCUT2D eigenvalue weighted by Gasteiger charge is 2.41. The van der Waals surface area contributed by atoms with Gasteiger partial charge in [-0.15, -0.1) is 0 Å². The Hall–Kier alpha value is -0.570. The van der Waals surface area contributed by atoms with Gasteiger partial charge in [-0.1, -0.05) is 27.7 Å². The van der Waals surface area contributed by atoms with Crippen LogP contribution in [0.4, 0.5) is 0 Å². The molecular weight excluding hydrogens is 200 g/mol. The minimum Gasteiger partial charge on any atom is -0.381 e. The summed E-state index contributed by atoms with van der Waals surface area (Å²) in [7, 11) is 3.88. The molecule has 0 amide bonds. The fourth-order valence-electron chi connectivity index (χ4n) is 2.00. The van der Waals surface area contributed by atoms with E-state index in [1.165, 1.54) is 0 Å². The molecule has 0 atom stereocenters. The Balaban J connectivity index is 5.46. The van der Waals surface area contributed by atoms with Gasteiger partial charge in [0, 0.05) is 20.1 Å². The van der Waals surface area contributed by atoms with Crippen LogP contribution in [0.1, 0.15) is 41.5 Å². The van der Waals surface area contributed by atoms with Crippen LogP contribution in [0.5, 0.6) is 0 Å². The van der Waals surface area contributed by atoms with Gasteiger partial charge in [-0.3, -0.25) is 4.99 Å². The van der Waals surface area contributed by atoms with Crippen LogP contribution in [-0.4, -0.2) is 41.6 Å². The molecule has 0 unspecified atom stereocenters. The van der Waals surface area contributed by atoms with E-state index in [0.29, 0.717) is 0 Å². The molecule has 16 heavy (non-hydrogen) atoms. The third-order valence-corrected chi connectivity index (χ3v) is 2.92. The van der Waals surface area contributed by atoms with Crippen molar-refractivity contribution < 1.29 is 5.11 Å². The molecule has 0 heterocycles. The summed E-state index contributed by atoms with van der Waals surface area (Å²) < 4.78 is 0. The fraction of sp³-hybridized carbons (Fsp3) is 0.923. The number of likely N-dealkylation sites (N-methyl/N-ethyl adjacent to an activating group) is 1. The maximum absolute atomic E-state index is 10.9. The van der Waals surface area contributed by atoms with E-state index in [4.69, 9.17) is 0 Å². The van der Waals surface area contributed by atoms with Gasteiger partial charge in [-0.25, -0.2) is 0 Å². The van der Waals surface area contributed by atoms with Gasteiger partial charge >= 0.3 is 0 Å². The summed E-state index contributed by atoms with van der Waals surface area (Å²) in [5.74, 6) is 1.08. The maximum Gasteiger partial charge on any atom is 0.132 e. The first-order chi connectivity index (χ1) is 7.13. The first-order valence-corrected chi connectivity index (χ1v) is 6.11. The van der Waals surface area contributed by atoms with Crippen molar-refractivity contribution in [1.82, 2.24) is 4.90 Å². The SMILES string of the molecule is CC(C)N=C(N(C)C)C(O)(C(C)C)C(C)C. The van der Waals surface area contributed by atoms with Crippen molar-refractivity contribution in [2.24, 2.45) is 16.8 Å². The Morgan fingerprint density at radius 3 is 1.56 bits per heavy atom. The Bertz CT molecular complexity index is 234. The first-order valence-electron chi connectivity index (χ1n) is 6.11. The molecule has 0 fully saturated rings. The molecule has 0 aliphatic carbocycles. The van der Waals surface area contributed by atoms with E-state index in [2.05, 4.69) is 4.99 Å². The normalized spacial score (nSPS) is 14.1. The van der Waals surface area contributed by atoms with E-state index in [-0.39, 0.29) is 17.9 Å². The molecule has 0 bridgehead atoms. The highest BCUT2D eigenvalue weighted by Crippen LogP contribution is 2.29. The van der Waals surface area contributed by atoms with Gasteiger partial charge in [-0.2, -0.15) is 0 Å². The van der Waals surface area contributed by atoms with Gasteiger partial charge in [-0.05, 0) is 25.7 Å². The monoisotopic (exact) mass is 228 g/mol. The zero-order valence-electron chi connectivity index (χ0n) is 12.1. The average molecular weight is 228 g/mol. The number of rotatable bonds is 4. The summed E-state index contributed by atoms with van der Waals surface area (Å²) in [6, 6.07) is 0.196. The Morgan fingerprint density at radius 1 is 1.00 bits per heavy atom. The van der Waals surface area contributed by atoms with Crippen molar-refractivity contribution in [3.63, 3.8) is 0 Å². The van der Waals surface area contributed by atoms with Crippen LogP contribution in [0.2, 0.25) is 0 Å². The summed E-state index contributed by atoms with van der Waals surface area (Å²) in [5, 5.41) is 10.9. The summed E-state index contributed by atoms with van der Waals surface area (Å²) in [6.45, 7) is 12.2. The molecule has 0 aliphatic rings. The quantitative estimate of drug-likeness (QED) is 0.592. The lowest BCUT2D eigenvalue weighted by Crippen LogP contribution is -2.54.